The zero-order valence-electron chi connectivity index (χ0n) is 87.8. The van der Waals surface area contributed by atoms with E-state index in [4.69, 9.17) is 19.7 Å². The Morgan fingerprint density at radius 3 is 1.12 bits per heavy atom. The third kappa shape index (κ3) is 59.3. The molecule has 4 amide bonds. The van der Waals surface area contributed by atoms with Gasteiger partial charge in [-0.25, -0.2) is 38.3 Å². The number of hydrogen-bond acceptors (Lipinski definition) is 22. The van der Waals surface area contributed by atoms with Crippen molar-refractivity contribution in [1.82, 2.24) is 69.0 Å². The Kier molecular flexibility index (Phi) is 80.5. The molecule has 0 radical (unpaired) electrons. The van der Waals surface area contributed by atoms with Crippen LogP contribution in [0.2, 0.25) is 0 Å². The minimum atomic E-state index is -2.10. The van der Waals surface area contributed by atoms with Gasteiger partial charge in [0.1, 0.15) is 35.7 Å². The highest BCUT2D eigenvalue weighted by Gasteiger charge is 2.19. The van der Waals surface area contributed by atoms with Crippen molar-refractivity contribution in [3.63, 3.8) is 0 Å². The lowest BCUT2D eigenvalue weighted by Crippen LogP contribution is -2.31. The largest absolute Gasteiger partial charge is 0.480 e. The van der Waals surface area contributed by atoms with E-state index in [-0.39, 0.29) is 54.6 Å². The van der Waals surface area contributed by atoms with E-state index in [1.54, 1.807) is 163 Å². The van der Waals surface area contributed by atoms with Crippen molar-refractivity contribution in [2.75, 3.05) is 102 Å². The van der Waals surface area contributed by atoms with Gasteiger partial charge in [-0.05, 0) is 134 Å². The summed E-state index contributed by atoms with van der Waals surface area (Å²) in [6.07, 6.45) is 25.6. The van der Waals surface area contributed by atoms with Crippen molar-refractivity contribution in [3.8, 4) is 11.9 Å². The van der Waals surface area contributed by atoms with Crippen molar-refractivity contribution < 1.29 is 47.3 Å². The molecule has 8 aromatic rings. The number of aryl methyl sites for hydroxylation is 1. The molecule has 0 atom stereocenters. The van der Waals surface area contributed by atoms with E-state index in [1.165, 1.54) is 36.8 Å². The molecule has 0 spiro atoms. The van der Waals surface area contributed by atoms with E-state index in [2.05, 4.69) is 151 Å². The van der Waals surface area contributed by atoms with Crippen LogP contribution in [0.25, 0.3) is 0 Å². The smallest absolute Gasteiger partial charge is 0.316 e. The average molecular weight is 1830 g/mol. The Morgan fingerprint density at radius 1 is 0.398 bits per heavy atom. The van der Waals surface area contributed by atoms with Crippen LogP contribution in [-0.4, -0.2) is 213 Å². The third-order valence-electron chi connectivity index (χ3n) is 15.7. The van der Waals surface area contributed by atoms with Crippen molar-refractivity contribution in [2.24, 2.45) is 15.8 Å². The number of carbonyl (C=O) groups excluding carboxylic acids is 4. The van der Waals surface area contributed by atoms with E-state index in [0.717, 1.165) is 38.9 Å². The van der Waals surface area contributed by atoms with Crippen LogP contribution in [0.4, 0.5) is 11.5 Å². The second-order valence-corrected chi connectivity index (χ2v) is 34.9. The Balaban J connectivity index is -0.000000209. The monoisotopic (exact) mass is 1830 g/mol. The quantitative estimate of drug-likeness (QED) is 0.0759. The second kappa shape index (κ2) is 77.1. The zero-order valence-corrected chi connectivity index (χ0v) is 89.5. The normalized spacial score (nSPS) is 9.81. The van der Waals surface area contributed by atoms with Crippen LogP contribution in [0.15, 0.2) is 136 Å². The van der Waals surface area contributed by atoms with Gasteiger partial charge in [-0.3, -0.25) is 38.9 Å². The first-order valence-electron chi connectivity index (χ1n) is 44.8. The molecule has 0 aliphatic heterocycles. The molecular weight excluding hydrogens is 1650 g/mol. The van der Waals surface area contributed by atoms with Crippen molar-refractivity contribution >= 4 is 54.6 Å². The maximum Gasteiger partial charge on any atom is 0.316 e. The first kappa shape index (κ1) is 134. The molecule has 0 aliphatic rings. The molecule has 8 heterocycles. The van der Waals surface area contributed by atoms with Gasteiger partial charge in [0.15, 0.2) is 11.6 Å². The molecule has 0 saturated carbocycles. The van der Waals surface area contributed by atoms with Gasteiger partial charge in [0.05, 0.1) is 25.6 Å². The summed E-state index contributed by atoms with van der Waals surface area (Å²) in [7, 11) is 12.6. The minimum absolute atomic E-state index is 0.0186. The molecule has 0 aliphatic carbocycles. The van der Waals surface area contributed by atoms with Crippen LogP contribution < -0.4 is 15.0 Å². The van der Waals surface area contributed by atoms with Gasteiger partial charge in [-0.2, -0.15) is 8.73 Å². The zero-order chi connectivity index (χ0) is 102. The molecule has 2 N–H and O–H groups in total. The van der Waals surface area contributed by atoms with Crippen LogP contribution in [0.3, 0.4) is 0 Å². The summed E-state index contributed by atoms with van der Waals surface area (Å²) in [5.74, 6) is 4.22. The van der Waals surface area contributed by atoms with Crippen molar-refractivity contribution in [3.05, 3.63) is 206 Å². The molecule has 29 heteroatoms. The summed E-state index contributed by atoms with van der Waals surface area (Å²) in [5.41, 5.74) is 11.0. The Hall–Kier alpha value is -9.84. The predicted molar refractivity (Wildman–Crippen MR) is 542 cm³/mol. The van der Waals surface area contributed by atoms with Crippen LogP contribution in [0, 0.1) is 0 Å². The van der Waals surface area contributed by atoms with Crippen LogP contribution in [0.1, 0.15) is 361 Å². The summed E-state index contributed by atoms with van der Waals surface area (Å²) in [4.78, 5) is 101. The lowest BCUT2D eigenvalue weighted by Gasteiger charge is -2.14. The molecule has 0 unspecified atom stereocenters. The van der Waals surface area contributed by atoms with Gasteiger partial charge in [-0.1, -0.05) is 234 Å². The van der Waals surface area contributed by atoms with E-state index in [1.807, 2.05) is 173 Å². The third-order valence-corrected chi connectivity index (χ3v) is 17.0. The molecule has 0 fully saturated rings. The van der Waals surface area contributed by atoms with Gasteiger partial charge < -0.3 is 43.9 Å². The fraction of sp³-hybridized carbons (Fsp3) is 0.576. The number of aromatic nitrogens is 10. The van der Waals surface area contributed by atoms with Crippen LogP contribution >= 0.6 is 0 Å². The predicted octanol–water partition coefficient (Wildman–Crippen LogP) is 22.3. The molecular formula is C99H174N16O11S2. The highest BCUT2D eigenvalue weighted by molar-refractivity contribution is 7.92. The molecule has 27 nitrogen and oxygen atoms in total. The molecule has 0 saturated heterocycles. The number of nitrogens with zero attached hydrogens (tertiary/aromatic N) is 16. The Bertz CT molecular complexity index is 4500. The van der Waals surface area contributed by atoms with Gasteiger partial charge in [0, 0.05) is 170 Å². The second-order valence-electron chi connectivity index (χ2n) is 29.8. The maximum absolute atomic E-state index is 11.9. The van der Waals surface area contributed by atoms with E-state index >= 15 is 0 Å². The average Bonchev–Trinajstić information content (AvgIpc) is 0.837. The van der Waals surface area contributed by atoms with Gasteiger partial charge in [-0.15, -0.1) is 0 Å². The Morgan fingerprint density at radius 2 is 0.766 bits per heavy atom. The number of carbonyl (C=O) groups is 4. The molecule has 128 heavy (non-hydrogen) atoms. The van der Waals surface area contributed by atoms with Crippen LogP contribution in [-0.2, 0) is 33.1 Å². The molecule has 0 aromatic carbocycles. The number of rotatable bonds is 19. The van der Waals surface area contributed by atoms with E-state index in [0.29, 0.717) is 93.5 Å². The fourth-order valence-corrected chi connectivity index (χ4v) is 9.87. The number of amides is 4. The topological polar surface area (TPSA) is 337 Å². The van der Waals surface area contributed by atoms with Crippen LogP contribution in [0.5, 0.6) is 11.9 Å². The van der Waals surface area contributed by atoms with Gasteiger partial charge in [0.25, 0.3) is 29.2 Å². The number of methoxy groups -OCH3 is 1. The standard InChI is InChI=1S/2C12H18N2O2.2C11H16N2O.2C10H16N2OS.C9H14N2O2.C8H12N2O.8C2H6/c1-8(2)9-6-10(12(15)14(3)4)11(16-5)13-7-9;1-8(2)9-6-10(11(15)13(3)4)12(16)14(5)7-9;1-8(2)9-5-6-12-10(7-9)11(14)13(3)4;1-8(2)9-5-6-10(12-7-9)11(14)13(3)4;1-8(2)9-5-10(7-11-6-9)12-14(3,4)13;1-8(2)9-5-6-10(11-7-9)12-14(3,4)13;1-7(2)8-5-10-9(11-6-8)13-4-3-12;1-6(2)7-3-9-8(5-11)10-4-7;8*1-2/h2*6-8H,1-5H3;4*5-8H,1-4H3;5-7,12H,3-4H2,1-2H3;3-4,6,11H,5H2,1-2H3;8*1-2H3. The molecule has 8 aromatic heterocycles. The summed E-state index contributed by atoms with van der Waals surface area (Å²) in [6, 6.07) is 17.1. The lowest BCUT2D eigenvalue weighted by molar-refractivity contribution is 0.0815. The number of pyridine rings is 6. The summed E-state index contributed by atoms with van der Waals surface area (Å²) < 4.78 is 42.5. The number of aliphatic hydroxyl groups is 2. The molecule has 8 rings (SSSR count). The first-order valence-corrected chi connectivity index (χ1v) is 49.5. The number of aliphatic hydroxyl groups excluding tert-OH is 2. The number of ether oxygens (including phenoxy) is 2. The lowest BCUT2D eigenvalue weighted by atomic mass is 10.0. The first-order chi connectivity index (χ1) is 60.1. The van der Waals surface area contributed by atoms with Gasteiger partial charge >= 0.3 is 6.01 Å². The highest BCUT2D eigenvalue weighted by atomic mass is 32.2. The SMILES string of the molecule is CC.CC.CC.CC.CC.CC.CC.CC.CC(C)c1cc(C(=O)N(C)C)c(=O)n(C)c1.CC(C)c1ccc(C(=O)N(C)C)nc1.CC(C)c1ccc(N=S(C)(C)=O)nc1.CC(C)c1ccnc(C(=O)N(C)C)c1.CC(C)c1cnc(CO)nc1.CC(C)c1cnc(OCCO)nc1.CC(C)c1cncc(N=S(C)(C)=O)c1.COc1ncc(C(C)C)cc1C(=O)N(C)C. The fourth-order valence-electron chi connectivity index (χ4n) is 8.71. The summed E-state index contributed by atoms with van der Waals surface area (Å²) >= 11 is 0. The summed E-state index contributed by atoms with van der Waals surface area (Å²) in [6.45, 7) is 65.4. The van der Waals surface area contributed by atoms with E-state index in [9.17, 15) is 32.4 Å². The van der Waals surface area contributed by atoms with Gasteiger partial charge in [0.2, 0.25) is 5.88 Å². The highest BCUT2D eigenvalue weighted by Crippen LogP contribution is 2.25. The molecule has 0 bridgehead atoms. The summed E-state index contributed by atoms with van der Waals surface area (Å²) in [5, 5.41) is 17.1. The van der Waals surface area contributed by atoms with Crippen molar-refractivity contribution in [1.29, 1.82) is 0 Å². The van der Waals surface area contributed by atoms with E-state index < -0.39 is 19.5 Å². The Labute approximate surface area is 777 Å². The maximum atomic E-state index is 11.9. The number of hydrogen-bond donors (Lipinski definition) is 2. The van der Waals surface area contributed by atoms with Crippen molar-refractivity contribution in [2.45, 2.75) is 276 Å². The minimum Gasteiger partial charge on any atom is -0.480 e. The molecule has 728 valence electrons.